The van der Waals surface area contributed by atoms with E-state index in [0.29, 0.717) is 0 Å². The zero-order chi connectivity index (χ0) is 12.3. The molecule has 1 saturated heterocycles. The Morgan fingerprint density at radius 3 is 2.88 bits per heavy atom. The van der Waals surface area contributed by atoms with Crippen molar-refractivity contribution in [3.05, 3.63) is 0 Å². The number of hydrogen-bond acceptors (Lipinski definition) is 5. The summed E-state index contributed by atoms with van der Waals surface area (Å²) in [5.74, 6) is -1.45. The lowest BCUT2D eigenvalue weighted by atomic mass is 10.1. The quantitative estimate of drug-likeness (QED) is 0.536. The van der Waals surface area contributed by atoms with E-state index < -0.39 is 29.8 Å². The topological polar surface area (TPSA) is 102 Å². The highest BCUT2D eigenvalue weighted by Gasteiger charge is 2.35. The largest absolute Gasteiger partial charge is 0.383 e. The number of carbonyl (C=O) groups is 3. The summed E-state index contributed by atoms with van der Waals surface area (Å²) >= 11 is 0. The van der Waals surface area contributed by atoms with Crippen LogP contribution in [0, 0.1) is 0 Å². The Balaban J connectivity index is 2.73. The summed E-state index contributed by atoms with van der Waals surface area (Å²) in [6.07, 6.45) is 0. The zero-order valence-corrected chi connectivity index (χ0v) is 9.23. The minimum Gasteiger partial charge on any atom is -0.383 e. The van der Waals surface area contributed by atoms with E-state index in [9.17, 15) is 14.4 Å². The minimum atomic E-state index is -0.855. The van der Waals surface area contributed by atoms with Gasteiger partial charge < -0.3 is 15.4 Å². The SMILES string of the molecule is COCC(N)C(=O)N1CC(=O)NC(=O)C1C. The normalized spacial score (nSPS) is 22.9. The molecular formula is C9H15N3O4. The summed E-state index contributed by atoms with van der Waals surface area (Å²) in [4.78, 5) is 35.4. The Kier molecular flexibility index (Phi) is 3.97. The first-order chi connectivity index (χ1) is 7.47. The van der Waals surface area contributed by atoms with Crippen LogP contribution in [0.5, 0.6) is 0 Å². The highest BCUT2D eigenvalue weighted by atomic mass is 16.5. The molecule has 0 bridgehead atoms. The molecule has 2 atom stereocenters. The van der Waals surface area contributed by atoms with Gasteiger partial charge in [-0.05, 0) is 6.92 Å². The predicted octanol–water partition coefficient (Wildman–Crippen LogP) is -2.17. The third-order valence-electron chi connectivity index (χ3n) is 2.37. The molecule has 16 heavy (non-hydrogen) atoms. The van der Waals surface area contributed by atoms with Crippen LogP contribution in [0.25, 0.3) is 0 Å². The van der Waals surface area contributed by atoms with Gasteiger partial charge in [0.1, 0.15) is 18.6 Å². The van der Waals surface area contributed by atoms with Crippen LogP contribution in [-0.4, -0.2) is 55.0 Å². The van der Waals surface area contributed by atoms with Crippen molar-refractivity contribution in [2.24, 2.45) is 5.73 Å². The molecule has 0 spiro atoms. The number of nitrogens with two attached hydrogens (primary N) is 1. The Morgan fingerprint density at radius 1 is 1.69 bits per heavy atom. The second-order valence-corrected chi connectivity index (χ2v) is 3.62. The van der Waals surface area contributed by atoms with Gasteiger partial charge in [0.05, 0.1) is 6.61 Å². The lowest BCUT2D eigenvalue weighted by Gasteiger charge is -2.33. The van der Waals surface area contributed by atoms with Gasteiger partial charge in [-0.3, -0.25) is 19.7 Å². The summed E-state index contributed by atoms with van der Waals surface area (Å²) in [5, 5.41) is 2.14. The van der Waals surface area contributed by atoms with Gasteiger partial charge in [0.25, 0.3) is 0 Å². The third-order valence-corrected chi connectivity index (χ3v) is 2.37. The van der Waals surface area contributed by atoms with E-state index >= 15 is 0 Å². The zero-order valence-electron chi connectivity index (χ0n) is 9.23. The van der Waals surface area contributed by atoms with Gasteiger partial charge in [-0.1, -0.05) is 0 Å². The molecule has 90 valence electrons. The van der Waals surface area contributed by atoms with Crippen molar-refractivity contribution in [2.45, 2.75) is 19.0 Å². The fourth-order valence-electron chi connectivity index (χ4n) is 1.45. The Hall–Kier alpha value is -1.47. The van der Waals surface area contributed by atoms with Crippen molar-refractivity contribution < 1.29 is 19.1 Å². The smallest absolute Gasteiger partial charge is 0.249 e. The van der Waals surface area contributed by atoms with E-state index in [4.69, 9.17) is 10.5 Å². The fourth-order valence-corrected chi connectivity index (χ4v) is 1.45. The molecule has 2 unspecified atom stereocenters. The van der Waals surface area contributed by atoms with Crippen LogP contribution in [0.15, 0.2) is 0 Å². The molecule has 0 saturated carbocycles. The first kappa shape index (κ1) is 12.6. The standard InChI is InChI=1S/C9H15N3O4/c1-5-8(14)11-7(13)3-12(5)9(15)6(10)4-16-2/h5-6H,3-4,10H2,1-2H3,(H,11,13,14). The molecule has 1 heterocycles. The number of nitrogens with zero attached hydrogens (tertiary/aromatic N) is 1. The van der Waals surface area contributed by atoms with Crippen molar-refractivity contribution in [1.29, 1.82) is 0 Å². The van der Waals surface area contributed by atoms with Crippen molar-refractivity contribution in [2.75, 3.05) is 20.3 Å². The lowest BCUT2D eigenvalue weighted by Crippen LogP contribution is -2.61. The van der Waals surface area contributed by atoms with E-state index in [2.05, 4.69) is 5.32 Å². The molecule has 1 fully saturated rings. The third kappa shape index (κ3) is 2.56. The van der Waals surface area contributed by atoms with E-state index in [1.165, 1.54) is 7.11 Å². The van der Waals surface area contributed by atoms with Crippen LogP contribution < -0.4 is 11.1 Å². The second kappa shape index (κ2) is 5.04. The van der Waals surface area contributed by atoms with Gasteiger partial charge in [-0.2, -0.15) is 0 Å². The average Bonchev–Trinajstić information content (AvgIpc) is 2.22. The van der Waals surface area contributed by atoms with Crippen LogP contribution in [0.3, 0.4) is 0 Å². The van der Waals surface area contributed by atoms with Crippen LogP contribution >= 0.6 is 0 Å². The van der Waals surface area contributed by atoms with E-state index in [1.54, 1.807) is 6.92 Å². The number of carbonyl (C=O) groups excluding carboxylic acids is 3. The summed E-state index contributed by atoms with van der Waals surface area (Å²) in [6, 6.07) is -1.54. The van der Waals surface area contributed by atoms with E-state index in [-0.39, 0.29) is 13.2 Å². The Morgan fingerprint density at radius 2 is 2.31 bits per heavy atom. The number of imide groups is 1. The predicted molar refractivity (Wildman–Crippen MR) is 54.2 cm³/mol. The molecule has 7 nitrogen and oxygen atoms in total. The first-order valence-corrected chi connectivity index (χ1v) is 4.86. The van der Waals surface area contributed by atoms with Gasteiger partial charge in [0, 0.05) is 7.11 Å². The average molecular weight is 229 g/mol. The molecule has 0 aliphatic carbocycles. The fraction of sp³-hybridized carbons (Fsp3) is 0.667. The molecule has 0 radical (unpaired) electrons. The van der Waals surface area contributed by atoms with Gasteiger partial charge in [0.2, 0.25) is 17.7 Å². The maximum absolute atomic E-state index is 11.8. The number of piperazine rings is 1. The van der Waals surface area contributed by atoms with Crippen LogP contribution in [-0.2, 0) is 19.1 Å². The second-order valence-electron chi connectivity index (χ2n) is 3.62. The molecule has 7 heteroatoms. The Labute approximate surface area is 92.9 Å². The molecule has 1 aliphatic heterocycles. The Bertz CT molecular complexity index is 318. The summed E-state index contributed by atoms with van der Waals surface area (Å²) in [6.45, 7) is 1.44. The number of ether oxygens (including phenoxy) is 1. The molecule has 0 aromatic rings. The summed E-state index contributed by atoms with van der Waals surface area (Å²) in [5.41, 5.74) is 5.55. The van der Waals surface area contributed by atoms with Gasteiger partial charge in [0.15, 0.2) is 0 Å². The molecule has 0 aromatic carbocycles. The van der Waals surface area contributed by atoms with Crippen molar-refractivity contribution in [1.82, 2.24) is 10.2 Å². The number of rotatable bonds is 3. The highest BCUT2D eigenvalue weighted by Crippen LogP contribution is 2.06. The number of nitrogens with one attached hydrogen (secondary N) is 1. The van der Waals surface area contributed by atoms with Crippen LogP contribution in [0.4, 0.5) is 0 Å². The van der Waals surface area contributed by atoms with Crippen molar-refractivity contribution >= 4 is 17.7 Å². The van der Waals surface area contributed by atoms with Crippen molar-refractivity contribution in [3.8, 4) is 0 Å². The maximum atomic E-state index is 11.8. The van der Waals surface area contributed by atoms with Crippen LogP contribution in [0.1, 0.15) is 6.92 Å². The molecule has 3 amide bonds. The first-order valence-electron chi connectivity index (χ1n) is 4.86. The molecule has 3 N–H and O–H groups in total. The molecule has 0 aromatic heterocycles. The highest BCUT2D eigenvalue weighted by molar-refractivity contribution is 6.04. The van der Waals surface area contributed by atoms with Gasteiger partial charge in [-0.15, -0.1) is 0 Å². The monoisotopic (exact) mass is 229 g/mol. The van der Waals surface area contributed by atoms with Gasteiger partial charge in [-0.25, -0.2) is 0 Å². The van der Waals surface area contributed by atoms with Crippen molar-refractivity contribution in [3.63, 3.8) is 0 Å². The minimum absolute atomic E-state index is 0.0534. The van der Waals surface area contributed by atoms with E-state index in [1.807, 2.05) is 0 Å². The number of methoxy groups -OCH3 is 1. The summed E-state index contributed by atoms with van der Waals surface area (Å²) < 4.78 is 4.75. The number of amides is 3. The molecule has 1 rings (SSSR count). The number of hydrogen-bond donors (Lipinski definition) is 2. The van der Waals surface area contributed by atoms with Crippen LogP contribution in [0.2, 0.25) is 0 Å². The van der Waals surface area contributed by atoms with Gasteiger partial charge >= 0.3 is 0 Å². The summed E-state index contributed by atoms with van der Waals surface area (Å²) in [7, 11) is 1.42. The maximum Gasteiger partial charge on any atom is 0.249 e. The molecular weight excluding hydrogens is 214 g/mol. The lowest BCUT2D eigenvalue weighted by molar-refractivity contribution is -0.150. The van der Waals surface area contributed by atoms with E-state index in [0.717, 1.165) is 4.90 Å². The molecule has 1 aliphatic rings.